The lowest BCUT2D eigenvalue weighted by molar-refractivity contribution is 0.102. The van der Waals surface area contributed by atoms with Gasteiger partial charge in [0.15, 0.2) is 0 Å². The minimum Gasteiger partial charge on any atom is -0.358 e. The summed E-state index contributed by atoms with van der Waals surface area (Å²) in [4.78, 5) is 11.8. The second-order valence-electron chi connectivity index (χ2n) is 3.86. The van der Waals surface area contributed by atoms with Crippen molar-refractivity contribution in [2.24, 2.45) is 7.05 Å². The van der Waals surface area contributed by atoms with E-state index in [1.54, 1.807) is 7.05 Å². The summed E-state index contributed by atoms with van der Waals surface area (Å²) in [6.07, 6.45) is 2.89. The van der Waals surface area contributed by atoms with Crippen LogP contribution >= 0.6 is 0 Å². The van der Waals surface area contributed by atoms with Gasteiger partial charge in [-0.15, -0.1) is 0 Å². The zero-order chi connectivity index (χ0) is 14.8. The van der Waals surface area contributed by atoms with Gasteiger partial charge in [-0.2, -0.15) is 13.5 Å². The predicted octanol–water partition coefficient (Wildman–Crippen LogP) is 1.27. The molecule has 2 rings (SSSR count). The van der Waals surface area contributed by atoms with Crippen LogP contribution in [0.1, 0.15) is 10.4 Å². The molecule has 9 heteroatoms. The molecule has 0 fully saturated rings. The van der Waals surface area contributed by atoms with Crippen LogP contribution in [0, 0.1) is 0 Å². The Morgan fingerprint density at radius 3 is 2.80 bits per heavy atom. The topological polar surface area (TPSA) is 90.3 Å². The monoisotopic (exact) mass is 299 g/mol. The summed E-state index contributed by atoms with van der Waals surface area (Å²) in [7, 11) is -3.43. The van der Waals surface area contributed by atoms with Crippen LogP contribution in [-0.2, 0) is 17.6 Å². The van der Waals surface area contributed by atoms with Crippen molar-refractivity contribution in [2.75, 3.05) is 5.32 Å². The lowest BCUT2D eigenvalue weighted by Gasteiger charge is -2.05. The van der Waals surface area contributed by atoms with Gasteiger partial charge in [0.05, 0.1) is 11.8 Å². The van der Waals surface area contributed by atoms with Gasteiger partial charge in [0.1, 0.15) is 5.75 Å². The molecule has 1 heterocycles. The van der Waals surface area contributed by atoms with Gasteiger partial charge in [-0.05, 0) is 12.1 Å². The smallest absolute Gasteiger partial charge is 0.358 e. The zero-order valence-corrected chi connectivity index (χ0v) is 11.1. The summed E-state index contributed by atoms with van der Waals surface area (Å²) < 4.78 is 38.7. The van der Waals surface area contributed by atoms with E-state index in [0.29, 0.717) is 5.56 Å². The number of hydrogen-bond donors (Lipinski definition) is 1. The maximum atomic E-state index is 12.4. The number of nitrogens with zero attached hydrogens (tertiary/aromatic N) is 2. The van der Waals surface area contributed by atoms with E-state index in [2.05, 4.69) is 14.6 Å². The van der Waals surface area contributed by atoms with Gasteiger partial charge in [0.2, 0.25) is 0 Å². The first kappa shape index (κ1) is 14.0. The van der Waals surface area contributed by atoms with Crippen LogP contribution in [0.5, 0.6) is 5.75 Å². The molecule has 0 saturated heterocycles. The molecular formula is C11H10FN3O4S. The quantitative estimate of drug-likeness (QED) is 0.858. The first-order chi connectivity index (χ1) is 9.33. The van der Waals surface area contributed by atoms with E-state index in [0.717, 1.165) is 0 Å². The molecule has 0 aliphatic rings. The van der Waals surface area contributed by atoms with Crippen molar-refractivity contribution in [3.8, 4) is 5.75 Å². The highest BCUT2D eigenvalue weighted by atomic mass is 32.3. The molecule has 1 N–H and O–H groups in total. The molecule has 0 atom stereocenters. The lowest BCUT2D eigenvalue weighted by atomic mass is 10.2. The summed E-state index contributed by atoms with van der Waals surface area (Å²) in [5, 5.41) is 6.36. The maximum absolute atomic E-state index is 12.4. The number of nitrogens with one attached hydrogen (secondary N) is 1. The van der Waals surface area contributed by atoms with Crippen molar-refractivity contribution >= 4 is 22.1 Å². The number of hydrogen-bond acceptors (Lipinski definition) is 5. The van der Waals surface area contributed by atoms with E-state index in [1.165, 1.54) is 41.3 Å². The Labute approximate surface area is 114 Å². The standard InChI is InChI=1S/C11H10FN3O4S/c1-15-7-8(6-13-15)11(16)14-9-3-2-4-10(5-9)19-20(12,17)18/h2-7H,1H3,(H,14,16). The van der Waals surface area contributed by atoms with Crippen molar-refractivity contribution in [3.05, 3.63) is 42.2 Å². The molecule has 1 aromatic heterocycles. The number of carbonyl (C=O) groups excluding carboxylic acids is 1. The van der Waals surface area contributed by atoms with E-state index < -0.39 is 16.4 Å². The highest BCUT2D eigenvalue weighted by Crippen LogP contribution is 2.19. The lowest BCUT2D eigenvalue weighted by Crippen LogP contribution is -2.11. The molecule has 1 aromatic carbocycles. The number of anilines is 1. The number of halogens is 1. The molecule has 0 saturated carbocycles. The molecular weight excluding hydrogens is 289 g/mol. The van der Waals surface area contributed by atoms with Crippen molar-refractivity contribution < 1.29 is 21.3 Å². The third kappa shape index (κ3) is 3.79. The van der Waals surface area contributed by atoms with Gasteiger partial charge < -0.3 is 9.50 Å². The number of amides is 1. The van der Waals surface area contributed by atoms with Crippen molar-refractivity contribution in [1.82, 2.24) is 9.78 Å². The largest absolute Gasteiger partial charge is 0.488 e. The Kier molecular flexibility index (Phi) is 3.70. The van der Waals surface area contributed by atoms with Crippen LogP contribution < -0.4 is 9.50 Å². The fourth-order valence-electron chi connectivity index (χ4n) is 1.48. The Balaban J connectivity index is 2.14. The van der Waals surface area contributed by atoms with Gasteiger partial charge in [-0.3, -0.25) is 9.48 Å². The summed E-state index contributed by atoms with van der Waals surface area (Å²) >= 11 is 0. The Morgan fingerprint density at radius 1 is 1.45 bits per heavy atom. The molecule has 106 valence electrons. The number of benzene rings is 1. The molecule has 0 aliphatic heterocycles. The molecule has 20 heavy (non-hydrogen) atoms. The van der Waals surface area contributed by atoms with Crippen LogP contribution in [-0.4, -0.2) is 24.1 Å². The second kappa shape index (κ2) is 5.29. The fraction of sp³-hybridized carbons (Fsp3) is 0.0909. The van der Waals surface area contributed by atoms with Crippen LogP contribution in [0.3, 0.4) is 0 Å². The van der Waals surface area contributed by atoms with Crippen LogP contribution in [0.4, 0.5) is 9.57 Å². The Morgan fingerprint density at radius 2 is 2.20 bits per heavy atom. The molecule has 0 spiro atoms. The third-order valence-electron chi connectivity index (χ3n) is 2.25. The molecule has 0 bridgehead atoms. The van der Waals surface area contributed by atoms with Crippen LogP contribution in [0.15, 0.2) is 36.7 Å². The number of aromatic nitrogens is 2. The van der Waals surface area contributed by atoms with Crippen LogP contribution in [0.2, 0.25) is 0 Å². The van der Waals surface area contributed by atoms with Gasteiger partial charge in [0, 0.05) is 25.0 Å². The molecule has 1 amide bonds. The Hall–Kier alpha value is -2.42. The van der Waals surface area contributed by atoms with E-state index in [-0.39, 0.29) is 11.4 Å². The first-order valence-electron chi connectivity index (χ1n) is 5.37. The normalized spacial score (nSPS) is 11.1. The average molecular weight is 299 g/mol. The second-order valence-corrected chi connectivity index (χ2v) is 4.81. The van der Waals surface area contributed by atoms with Crippen molar-refractivity contribution in [3.63, 3.8) is 0 Å². The first-order valence-corrected chi connectivity index (χ1v) is 6.68. The minimum absolute atomic E-state index is 0.239. The Bertz CT molecular complexity index is 742. The highest BCUT2D eigenvalue weighted by Gasteiger charge is 2.12. The number of aryl methyl sites for hydroxylation is 1. The number of rotatable bonds is 4. The summed E-state index contributed by atoms with van der Waals surface area (Å²) in [6.45, 7) is 0. The van der Waals surface area contributed by atoms with Gasteiger partial charge in [0.25, 0.3) is 5.91 Å². The zero-order valence-electron chi connectivity index (χ0n) is 10.3. The molecule has 0 aliphatic carbocycles. The maximum Gasteiger partial charge on any atom is 0.488 e. The third-order valence-corrected chi connectivity index (χ3v) is 2.65. The van der Waals surface area contributed by atoms with Crippen molar-refractivity contribution in [2.45, 2.75) is 0 Å². The van der Waals surface area contributed by atoms with Gasteiger partial charge >= 0.3 is 10.5 Å². The summed E-state index contributed by atoms with van der Waals surface area (Å²) in [5.74, 6) is -0.671. The fourth-order valence-corrected chi connectivity index (χ4v) is 1.82. The SMILES string of the molecule is Cn1cc(C(=O)Nc2cccc(OS(=O)(=O)F)c2)cn1. The van der Waals surface area contributed by atoms with Crippen molar-refractivity contribution in [1.29, 1.82) is 0 Å². The molecule has 7 nitrogen and oxygen atoms in total. The summed E-state index contributed by atoms with van der Waals surface area (Å²) in [6, 6.07) is 5.35. The minimum atomic E-state index is -5.10. The van der Waals surface area contributed by atoms with E-state index in [9.17, 15) is 17.1 Å². The van der Waals surface area contributed by atoms with E-state index in [4.69, 9.17) is 0 Å². The van der Waals surface area contributed by atoms with Gasteiger partial charge in [-0.25, -0.2) is 0 Å². The molecule has 0 radical (unpaired) electrons. The number of carbonyl (C=O) groups is 1. The molecule has 2 aromatic rings. The van der Waals surface area contributed by atoms with E-state index in [1.807, 2.05) is 0 Å². The molecule has 0 unspecified atom stereocenters. The van der Waals surface area contributed by atoms with Crippen LogP contribution in [0.25, 0.3) is 0 Å². The average Bonchev–Trinajstić information content (AvgIpc) is 2.74. The predicted molar refractivity (Wildman–Crippen MR) is 68.3 cm³/mol. The summed E-state index contributed by atoms with van der Waals surface area (Å²) in [5.41, 5.74) is 0.594. The van der Waals surface area contributed by atoms with Gasteiger partial charge in [-0.1, -0.05) is 9.95 Å². The van der Waals surface area contributed by atoms with E-state index >= 15 is 0 Å². The highest BCUT2D eigenvalue weighted by molar-refractivity contribution is 7.81.